The average molecular weight is 461 g/mol. The van der Waals surface area contributed by atoms with Gasteiger partial charge in [0.05, 0.1) is 17.4 Å². The summed E-state index contributed by atoms with van der Waals surface area (Å²) >= 11 is 0. The Hall–Kier alpha value is -2.90. The van der Waals surface area contributed by atoms with Crippen LogP contribution in [0.3, 0.4) is 0 Å². The molecule has 0 radical (unpaired) electrons. The maximum absolute atomic E-state index is 11.3. The van der Waals surface area contributed by atoms with Crippen molar-refractivity contribution in [1.29, 1.82) is 0 Å². The van der Waals surface area contributed by atoms with Crippen LogP contribution < -0.4 is 9.47 Å². The summed E-state index contributed by atoms with van der Waals surface area (Å²) in [6.07, 6.45) is 7.24. The number of rotatable bonds is 4. The summed E-state index contributed by atoms with van der Waals surface area (Å²) < 4.78 is 19.0. The fraction of sp³-hybridized carbons (Fsp3) is 0.481. The second-order valence-electron chi connectivity index (χ2n) is 10.6. The van der Waals surface area contributed by atoms with Crippen molar-refractivity contribution >= 4 is 5.69 Å². The predicted octanol–water partition coefficient (Wildman–Crippen LogP) is 3.99. The van der Waals surface area contributed by atoms with E-state index in [-0.39, 0.29) is 33.5 Å². The van der Waals surface area contributed by atoms with Gasteiger partial charge in [0.15, 0.2) is 11.5 Å². The van der Waals surface area contributed by atoms with E-state index in [2.05, 4.69) is 30.2 Å². The maximum atomic E-state index is 11.3. The van der Waals surface area contributed by atoms with Crippen molar-refractivity contribution in [3.63, 3.8) is 0 Å². The molecule has 6 atom stereocenters. The van der Waals surface area contributed by atoms with Crippen molar-refractivity contribution < 1.29 is 19.1 Å². The molecule has 0 amide bonds. The Labute approximate surface area is 198 Å². The standard InChI is InChI=1S/C27H28N2O5/c1-28-13-12-27-22-17-6-9-20(32-2)23(22)34-24(27)25(33-3)10-11-26(27,21(28)14-17)19(15-25)16-4-7-18(8-5-16)29(30)31/h4-11,19,21,24H,12-15H2,1-3H3/t19-,21+,24-,25-,26+,27-/m0/s1. The summed E-state index contributed by atoms with van der Waals surface area (Å²) in [4.78, 5) is 13.5. The zero-order valence-corrected chi connectivity index (χ0v) is 19.6. The lowest BCUT2D eigenvalue weighted by Crippen LogP contribution is -2.78. The number of ether oxygens (including phenoxy) is 3. The molecule has 0 aromatic heterocycles. The van der Waals surface area contributed by atoms with Crippen molar-refractivity contribution in [2.45, 2.75) is 48.3 Å². The topological polar surface area (TPSA) is 74.1 Å². The molecule has 0 unspecified atom stereocenters. The normalized spacial score (nSPS) is 38.4. The Morgan fingerprint density at radius 1 is 1.15 bits per heavy atom. The highest BCUT2D eigenvalue weighted by atomic mass is 16.6. The van der Waals surface area contributed by atoms with Crippen molar-refractivity contribution in [3.05, 3.63) is 75.4 Å². The summed E-state index contributed by atoms with van der Waals surface area (Å²) in [7, 11) is 5.72. The Morgan fingerprint density at radius 2 is 1.94 bits per heavy atom. The molecule has 1 saturated carbocycles. The number of hydrogen-bond acceptors (Lipinski definition) is 6. The summed E-state index contributed by atoms with van der Waals surface area (Å²) in [5, 5.41) is 11.3. The van der Waals surface area contributed by atoms with Crippen LogP contribution in [-0.4, -0.2) is 55.4 Å². The molecule has 7 nitrogen and oxygen atoms in total. The second kappa shape index (κ2) is 6.40. The van der Waals surface area contributed by atoms with Gasteiger partial charge in [0.2, 0.25) is 0 Å². The van der Waals surface area contributed by atoms with Crippen LogP contribution in [0.1, 0.15) is 35.4 Å². The fourth-order valence-electron chi connectivity index (χ4n) is 8.46. The van der Waals surface area contributed by atoms with E-state index in [1.807, 2.05) is 18.2 Å². The summed E-state index contributed by atoms with van der Waals surface area (Å²) in [6.45, 7) is 0.989. The number of non-ortho nitro benzene ring substituents is 1. The molecule has 2 aliphatic heterocycles. The lowest BCUT2D eigenvalue weighted by atomic mass is 9.35. The van der Waals surface area contributed by atoms with Gasteiger partial charge in [-0.3, -0.25) is 10.1 Å². The number of nitrogens with zero attached hydrogens (tertiary/aromatic N) is 2. The minimum Gasteiger partial charge on any atom is -0.493 e. The van der Waals surface area contributed by atoms with Crippen LogP contribution in [0.2, 0.25) is 0 Å². The number of nitro groups is 1. The summed E-state index contributed by atoms with van der Waals surface area (Å²) in [6, 6.07) is 11.7. The van der Waals surface area contributed by atoms with Gasteiger partial charge in [-0.1, -0.05) is 30.4 Å². The zero-order valence-electron chi connectivity index (χ0n) is 19.6. The van der Waals surface area contributed by atoms with Gasteiger partial charge >= 0.3 is 0 Å². The van der Waals surface area contributed by atoms with Gasteiger partial charge in [-0.25, -0.2) is 0 Å². The van der Waals surface area contributed by atoms with Gasteiger partial charge in [0.1, 0.15) is 11.7 Å². The predicted molar refractivity (Wildman–Crippen MR) is 126 cm³/mol. The van der Waals surface area contributed by atoms with Crippen molar-refractivity contribution in [3.8, 4) is 11.5 Å². The van der Waals surface area contributed by atoms with E-state index in [0.717, 1.165) is 42.9 Å². The molecule has 1 saturated heterocycles. The highest BCUT2D eigenvalue weighted by Crippen LogP contribution is 2.76. The molecule has 4 aliphatic carbocycles. The van der Waals surface area contributed by atoms with E-state index in [4.69, 9.17) is 14.2 Å². The second-order valence-corrected chi connectivity index (χ2v) is 10.6. The lowest BCUT2D eigenvalue weighted by Gasteiger charge is -2.72. The lowest BCUT2D eigenvalue weighted by molar-refractivity contribution is -0.384. The third kappa shape index (κ3) is 2.04. The average Bonchev–Trinajstić information content (AvgIpc) is 3.23. The molecule has 2 aromatic carbocycles. The Kier molecular flexibility index (Phi) is 3.85. The SMILES string of the molecule is COc1ccc2c3c1O[C@@H]1[C@]34CCN(C)[C@H](C2)[C@]42C=C[C@]1(OC)C[C@H]2c1ccc([N+](=O)[O-])cc1. The largest absolute Gasteiger partial charge is 0.493 e. The number of nitro benzene ring substituents is 1. The Balaban J connectivity index is 1.53. The highest BCUT2D eigenvalue weighted by Gasteiger charge is 2.79. The first-order chi connectivity index (χ1) is 16.4. The zero-order chi connectivity index (χ0) is 23.5. The van der Waals surface area contributed by atoms with Gasteiger partial charge in [-0.15, -0.1) is 0 Å². The van der Waals surface area contributed by atoms with E-state index in [1.165, 1.54) is 11.1 Å². The molecule has 34 heavy (non-hydrogen) atoms. The van der Waals surface area contributed by atoms with Gasteiger partial charge in [-0.2, -0.15) is 0 Å². The van der Waals surface area contributed by atoms with Crippen LogP contribution in [0.15, 0.2) is 48.6 Å². The number of piperidine rings is 1. The number of methoxy groups -OCH3 is 2. The first kappa shape index (κ1) is 20.5. The Morgan fingerprint density at radius 3 is 2.65 bits per heavy atom. The molecular formula is C27H28N2O5. The molecule has 2 spiro atoms. The van der Waals surface area contributed by atoms with E-state index in [0.29, 0.717) is 6.04 Å². The minimum atomic E-state index is -0.576. The van der Waals surface area contributed by atoms with Crippen LogP contribution in [0.4, 0.5) is 5.69 Å². The third-order valence-electron chi connectivity index (χ3n) is 9.76. The van der Waals surface area contributed by atoms with E-state index in [9.17, 15) is 10.1 Å². The molecule has 0 N–H and O–H groups in total. The van der Waals surface area contributed by atoms with E-state index in [1.54, 1.807) is 26.4 Å². The third-order valence-corrected chi connectivity index (χ3v) is 9.76. The van der Waals surface area contributed by atoms with Gasteiger partial charge < -0.3 is 19.1 Å². The first-order valence-electron chi connectivity index (χ1n) is 12.0. The summed E-state index contributed by atoms with van der Waals surface area (Å²) in [5.74, 6) is 1.82. The number of fused-ring (bicyclic) bond motifs is 1. The fourth-order valence-corrected chi connectivity index (χ4v) is 8.46. The van der Waals surface area contributed by atoms with Crippen LogP contribution in [0.5, 0.6) is 11.5 Å². The maximum Gasteiger partial charge on any atom is 0.269 e. The van der Waals surface area contributed by atoms with Gasteiger partial charge in [-0.05, 0) is 56.0 Å². The van der Waals surface area contributed by atoms with Crippen molar-refractivity contribution in [1.82, 2.24) is 4.90 Å². The number of likely N-dealkylation sites (N-methyl/N-ethyl adjacent to an activating group) is 1. The monoisotopic (exact) mass is 460 g/mol. The van der Waals surface area contributed by atoms with Gasteiger partial charge in [0, 0.05) is 36.3 Å². The number of hydrogen-bond donors (Lipinski definition) is 0. The summed E-state index contributed by atoms with van der Waals surface area (Å²) in [5.41, 5.74) is 2.89. The van der Waals surface area contributed by atoms with Crippen molar-refractivity contribution in [2.75, 3.05) is 27.8 Å². The van der Waals surface area contributed by atoms with Crippen LogP contribution in [0, 0.1) is 15.5 Å². The molecule has 176 valence electrons. The molecule has 8 rings (SSSR count). The molecule has 2 aromatic rings. The smallest absolute Gasteiger partial charge is 0.269 e. The highest BCUT2D eigenvalue weighted by molar-refractivity contribution is 5.66. The van der Waals surface area contributed by atoms with Gasteiger partial charge in [0.25, 0.3) is 5.69 Å². The molecule has 2 fully saturated rings. The van der Waals surface area contributed by atoms with E-state index < -0.39 is 5.60 Å². The molecule has 2 heterocycles. The molecule has 7 heteroatoms. The van der Waals surface area contributed by atoms with E-state index >= 15 is 0 Å². The molecular weight excluding hydrogens is 432 g/mol. The quantitative estimate of drug-likeness (QED) is 0.390. The molecule has 4 bridgehead atoms. The minimum absolute atomic E-state index is 0.123. The number of likely N-dealkylation sites (tertiary alicyclic amines) is 1. The van der Waals surface area contributed by atoms with Crippen molar-refractivity contribution in [2.24, 2.45) is 5.41 Å². The van der Waals surface area contributed by atoms with Crippen LogP contribution >= 0.6 is 0 Å². The Bertz CT molecular complexity index is 1260. The van der Waals surface area contributed by atoms with Crippen LogP contribution in [-0.2, 0) is 16.6 Å². The first-order valence-corrected chi connectivity index (χ1v) is 12.0. The molecule has 6 aliphatic rings. The van der Waals surface area contributed by atoms with Crippen LogP contribution in [0.25, 0.3) is 0 Å². The number of benzene rings is 2.